The Morgan fingerprint density at radius 2 is 1.60 bits per heavy atom. The van der Waals surface area contributed by atoms with Gasteiger partial charge in [0.2, 0.25) is 0 Å². The predicted octanol–water partition coefficient (Wildman–Crippen LogP) is 1.50. The van der Waals surface area contributed by atoms with Crippen LogP contribution in [0.4, 0.5) is 0 Å². The average molecular weight is 269 g/mol. The second-order valence-corrected chi connectivity index (χ2v) is 5.16. The normalized spacial score (nSPS) is 13.5. The zero-order valence-electron chi connectivity index (χ0n) is 11.8. The van der Waals surface area contributed by atoms with Gasteiger partial charge in [0.25, 0.3) is 5.91 Å². The molecule has 20 heavy (non-hydrogen) atoms. The van der Waals surface area contributed by atoms with E-state index >= 15 is 0 Å². The minimum absolute atomic E-state index is 0.0349. The summed E-state index contributed by atoms with van der Waals surface area (Å²) >= 11 is 0. The Morgan fingerprint density at radius 1 is 1.05 bits per heavy atom. The van der Waals surface area contributed by atoms with Gasteiger partial charge in [-0.1, -0.05) is 60.7 Å². The van der Waals surface area contributed by atoms with Gasteiger partial charge in [0.1, 0.15) is 0 Å². The third kappa shape index (κ3) is 3.45. The molecule has 2 rings (SSSR count). The summed E-state index contributed by atoms with van der Waals surface area (Å²) in [6.07, 6.45) is 0.754. The molecule has 0 aliphatic rings. The first-order valence-electron chi connectivity index (χ1n) is 6.84. The standard InChI is InChI=1S/C17H20N2O/c1-17(19-16(20)13-18,15-10-6-3-7-11-15)12-14-8-4-2-5-9-14/h2-11H,12-13,18H2,1H3,(H,19,20)/p+1/t17-/m0/s1. The van der Waals surface area contributed by atoms with Crippen LogP contribution in [0.3, 0.4) is 0 Å². The summed E-state index contributed by atoms with van der Waals surface area (Å²) in [6, 6.07) is 20.3. The molecule has 0 spiro atoms. The van der Waals surface area contributed by atoms with Crippen LogP contribution in [-0.4, -0.2) is 12.5 Å². The molecular weight excluding hydrogens is 248 g/mol. The van der Waals surface area contributed by atoms with Crippen molar-refractivity contribution in [2.24, 2.45) is 0 Å². The van der Waals surface area contributed by atoms with Crippen molar-refractivity contribution in [3.8, 4) is 0 Å². The molecule has 2 aromatic rings. The first-order chi connectivity index (χ1) is 9.64. The zero-order chi connectivity index (χ0) is 14.4. The second kappa shape index (κ2) is 6.35. The minimum atomic E-state index is -0.419. The van der Waals surface area contributed by atoms with Crippen molar-refractivity contribution in [3.05, 3.63) is 71.8 Å². The van der Waals surface area contributed by atoms with E-state index in [0.29, 0.717) is 0 Å². The van der Waals surface area contributed by atoms with E-state index in [9.17, 15) is 4.79 Å². The molecule has 1 amide bonds. The maximum Gasteiger partial charge on any atom is 0.275 e. The van der Waals surface area contributed by atoms with E-state index in [2.05, 4.69) is 30.1 Å². The molecule has 0 saturated carbocycles. The van der Waals surface area contributed by atoms with Crippen LogP contribution >= 0.6 is 0 Å². The second-order valence-electron chi connectivity index (χ2n) is 5.16. The first-order valence-corrected chi connectivity index (χ1v) is 6.84. The van der Waals surface area contributed by atoms with Gasteiger partial charge in [-0.3, -0.25) is 4.79 Å². The van der Waals surface area contributed by atoms with Crippen LogP contribution in [-0.2, 0) is 16.8 Å². The van der Waals surface area contributed by atoms with Crippen molar-refractivity contribution in [3.63, 3.8) is 0 Å². The van der Waals surface area contributed by atoms with Crippen LogP contribution in [0.1, 0.15) is 18.1 Å². The van der Waals surface area contributed by atoms with Crippen molar-refractivity contribution in [2.75, 3.05) is 6.54 Å². The highest BCUT2D eigenvalue weighted by molar-refractivity contribution is 5.77. The Kier molecular flexibility index (Phi) is 4.53. The maximum atomic E-state index is 11.8. The molecule has 104 valence electrons. The van der Waals surface area contributed by atoms with Gasteiger partial charge in [-0.15, -0.1) is 0 Å². The van der Waals surface area contributed by atoms with Gasteiger partial charge in [0, 0.05) is 0 Å². The van der Waals surface area contributed by atoms with E-state index in [1.165, 1.54) is 5.56 Å². The largest absolute Gasteiger partial charge is 0.350 e. The van der Waals surface area contributed by atoms with Crippen LogP contribution in [0.5, 0.6) is 0 Å². The highest BCUT2D eigenvalue weighted by atomic mass is 16.2. The summed E-state index contributed by atoms with van der Waals surface area (Å²) < 4.78 is 0. The van der Waals surface area contributed by atoms with Crippen molar-refractivity contribution in [2.45, 2.75) is 18.9 Å². The molecule has 0 radical (unpaired) electrons. The van der Waals surface area contributed by atoms with Gasteiger partial charge < -0.3 is 11.1 Å². The van der Waals surface area contributed by atoms with Gasteiger partial charge in [0.15, 0.2) is 6.54 Å². The van der Waals surface area contributed by atoms with Gasteiger partial charge in [0.05, 0.1) is 5.54 Å². The lowest BCUT2D eigenvalue weighted by Crippen LogP contribution is -2.60. The fraction of sp³-hybridized carbons (Fsp3) is 0.235. The molecule has 3 nitrogen and oxygen atoms in total. The molecule has 0 aliphatic heterocycles. The van der Waals surface area contributed by atoms with Gasteiger partial charge >= 0.3 is 0 Å². The number of hydrogen-bond acceptors (Lipinski definition) is 1. The summed E-state index contributed by atoms with van der Waals surface area (Å²) in [5.74, 6) is -0.0349. The molecule has 0 heterocycles. The molecule has 0 fully saturated rings. The topological polar surface area (TPSA) is 56.7 Å². The van der Waals surface area contributed by atoms with E-state index in [4.69, 9.17) is 0 Å². The van der Waals surface area contributed by atoms with E-state index in [1.54, 1.807) is 0 Å². The van der Waals surface area contributed by atoms with Crippen molar-refractivity contribution >= 4 is 5.91 Å². The number of rotatable bonds is 5. The zero-order valence-corrected chi connectivity index (χ0v) is 11.8. The number of carbonyl (C=O) groups excluding carboxylic acids is 1. The van der Waals surface area contributed by atoms with E-state index in [1.807, 2.05) is 48.5 Å². The van der Waals surface area contributed by atoms with Crippen LogP contribution in [0.2, 0.25) is 0 Å². The SMILES string of the molecule is C[C@@](Cc1ccccc1)(NC(=O)C[NH3+])c1ccccc1. The van der Waals surface area contributed by atoms with Crippen molar-refractivity contribution < 1.29 is 10.5 Å². The summed E-state index contributed by atoms with van der Waals surface area (Å²) in [7, 11) is 0. The molecule has 0 aliphatic carbocycles. The number of benzene rings is 2. The fourth-order valence-corrected chi connectivity index (χ4v) is 2.40. The Balaban J connectivity index is 2.31. The van der Waals surface area contributed by atoms with Crippen molar-refractivity contribution in [1.29, 1.82) is 0 Å². The number of hydrogen-bond donors (Lipinski definition) is 2. The summed E-state index contributed by atoms with van der Waals surface area (Å²) in [6.45, 7) is 2.31. The Bertz CT molecular complexity index is 554. The Morgan fingerprint density at radius 3 is 2.15 bits per heavy atom. The van der Waals surface area contributed by atoms with E-state index < -0.39 is 5.54 Å². The first kappa shape index (κ1) is 14.3. The fourth-order valence-electron chi connectivity index (χ4n) is 2.40. The van der Waals surface area contributed by atoms with Crippen LogP contribution in [0, 0.1) is 0 Å². The molecule has 3 heteroatoms. The molecule has 4 N–H and O–H groups in total. The number of amides is 1. The number of quaternary nitrogens is 1. The van der Waals surface area contributed by atoms with Gasteiger partial charge in [-0.2, -0.15) is 0 Å². The van der Waals surface area contributed by atoms with Crippen LogP contribution in [0.15, 0.2) is 60.7 Å². The summed E-state index contributed by atoms with van der Waals surface area (Å²) in [5, 5.41) is 3.11. The van der Waals surface area contributed by atoms with Gasteiger partial charge in [-0.25, -0.2) is 0 Å². The molecule has 0 unspecified atom stereocenters. The highest BCUT2D eigenvalue weighted by Gasteiger charge is 2.28. The lowest BCUT2D eigenvalue weighted by molar-refractivity contribution is -0.355. The monoisotopic (exact) mass is 269 g/mol. The molecule has 2 aromatic carbocycles. The average Bonchev–Trinajstić information content (AvgIpc) is 2.49. The number of nitrogens with one attached hydrogen (secondary N) is 1. The van der Waals surface area contributed by atoms with Gasteiger partial charge in [-0.05, 0) is 24.5 Å². The molecule has 0 aromatic heterocycles. The van der Waals surface area contributed by atoms with Crippen LogP contribution in [0.25, 0.3) is 0 Å². The molecular formula is C17H21N2O+. The Labute approximate surface area is 119 Å². The molecule has 0 bridgehead atoms. The maximum absolute atomic E-state index is 11.8. The summed E-state index contributed by atoms with van der Waals surface area (Å²) in [4.78, 5) is 11.8. The molecule has 0 saturated heterocycles. The van der Waals surface area contributed by atoms with Crippen molar-refractivity contribution in [1.82, 2.24) is 5.32 Å². The minimum Gasteiger partial charge on any atom is -0.350 e. The lowest BCUT2D eigenvalue weighted by Gasteiger charge is -2.31. The van der Waals surface area contributed by atoms with E-state index in [-0.39, 0.29) is 12.5 Å². The third-order valence-electron chi connectivity index (χ3n) is 3.45. The highest BCUT2D eigenvalue weighted by Crippen LogP contribution is 2.25. The molecule has 1 atom stereocenters. The third-order valence-corrected chi connectivity index (χ3v) is 3.45. The summed E-state index contributed by atoms with van der Waals surface area (Å²) in [5.41, 5.74) is 5.54. The number of carbonyl (C=O) groups is 1. The van der Waals surface area contributed by atoms with E-state index in [0.717, 1.165) is 12.0 Å². The quantitative estimate of drug-likeness (QED) is 0.849. The Hall–Kier alpha value is -2.13. The predicted molar refractivity (Wildman–Crippen MR) is 79.8 cm³/mol. The lowest BCUT2D eigenvalue weighted by atomic mass is 9.85. The smallest absolute Gasteiger partial charge is 0.275 e. The van der Waals surface area contributed by atoms with Crippen LogP contribution < -0.4 is 11.1 Å².